The monoisotopic (exact) mass is 386 g/mol. The zero-order valence-electron chi connectivity index (χ0n) is 17.5. The van der Waals surface area contributed by atoms with Crippen LogP contribution in [0.15, 0.2) is 0 Å². The van der Waals surface area contributed by atoms with Gasteiger partial charge in [-0.05, 0) is 48.5 Å². The summed E-state index contributed by atoms with van der Waals surface area (Å²) in [5.74, 6) is 0.218. The molecule has 1 N–H and O–H groups in total. The minimum Gasteiger partial charge on any atom is -0.444 e. The Bertz CT molecular complexity index is 523. The molecule has 0 radical (unpaired) electrons. The van der Waals surface area contributed by atoms with Crippen LogP contribution in [-0.4, -0.2) is 76.9 Å². The summed E-state index contributed by atoms with van der Waals surface area (Å²) in [6.07, 6.45) is -0.0744. The second kappa shape index (κ2) is 8.91. The van der Waals surface area contributed by atoms with Crippen LogP contribution in [0.2, 0.25) is 0 Å². The summed E-state index contributed by atoms with van der Waals surface area (Å²) >= 11 is 0. The minimum atomic E-state index is -0.455. The third-order valence-electron chi connectivity index (χ3n) is 4.00. The Morgan fingerprint density at radius 1 is 0.926 bits per heavy atom. The number of aldehydes is 1. The smallest absolute Gasteiger partial charge is 0.410 e. The minimum absolute atomic E-state index is 0.00696. The van der Waals surface area contributed by atoms with E-state index in [1.165, 1.54) is 4.90 Å². The lowest BCUT2D eigenvalue weighted by atomic mass is 9.95. The first-order valence-electron chi connectivity index (χ1n) is 9.31. The average Bonchev–Trinajstić information content (AvgIpc) is 2.30. The Morgan fingerprint density at radius 2 is 1.30 bits per heavy atom. The molecule has 2 aliphatic heterocycles. The van der Waals surface area contributed by atoms with Crippen molar-refractivity contribution in [2.45, 2.75) is 65.8 Å². The molecule has 8 heteroatoms. The topological polar surface area (TPSA) is 96.4 Å². The van der Waals surface area contributed by atoms with Crippen LogP contribution in [0.1, 0.15) is 48.5 Å². The highest BCUT2D eigenvalue weighted by Crippen LogP contribution is 2.21. The fraction of sp³-hybridized carbons (Fsp3) is 0.842. The zero-order chi connectivity index (χ0) is 21.0. The van der Waals surface area contributed by atoms with E-state index in [-0.39, 0.29) is 30.1 Å². The number of carbonyl (C=O) groups is 3. The summed E-state index contributed by atoms with van der Waals surface area (Å²) in [5.41, 5.74) is -0.893. The summed E-state index contributed by atoms with van der Waals surface area (Å²) in [6.45, 7) is 14.9. The van der Waals surface area contributed by atoms with Gasteiger partial charge in [-0.15, -0.1) is 0 Å². The molecule has 8 nitrogen and oxygen atoms in total. The van der Waals surface area contributed by atoms with Crippen molar-refractivity contribution in [3.8, 4) is 0 Å². The lowest BCUT2D eigenvalue weighted by molar-refractivity contribution is -0.115. The molecule has 2 fully saturated rings. The summed E-state index contributed by atoms with van der Waals surface area (Å²) in [6, 6.07) is 0. The molecule has 27 heavy (non-hydrogen) atoms. The van der Waals surface area contributed by atoms with E-state index in [4.69, 9.17) is 9.47 Å². The van der Waals surface area contributed by atoms with E-state index >= 15 is 0 Å². The van der Waals surface area contributed by atoms with E-state index in [0.717, 1.165) is 6.29 Å². The van der Waals surface area contributed by atoms with E-state index < -0.39 is 11.2 Å². The first kappa shape index (κ1) is 23.2. The molecular formula is C19H34N2O6. The van der Waals surface area contributed by atoms with Crippen LogP contribution in [0.5, 0.6) is 0 Å². The number of likely N-dealkylation sites (tertiary alicyclic amines) is 2. The largest absolute Gasteiger partial charge is 0.444 e. The second-order valence-electron chi connectivity index (χ2n) is 9.17. The van der Waals surface area contributed by atoms with Crippen molar-refractivity contribution < 1.29 is 29.0 Å². The summed E-state index contributed by atoms with van der Waals surface area (Å²) in [4.78, 5) is 36.1. The first-order valence-corrected chi connectivity index (χ1v) is 9.31. The highest BCUT2D eigenvalue weighted by Gasteiger charge is 2.36. The predicted molar refractivity (Wildman–Crippen MR) is 100 cm³/mol. The zero-order valence-corrected chi connectivity index (χ0v) is 17.5. The third-order valence-corrected chi connectivity index (χ3v) is 4.00. The number of rotatable bonds is 2. The van der Waals surface area contributed by atoms with Crippen LogP contribution < -0.4 is 0 Å². The van der Waals surface area contributed by atoms with Gasteiger partial charge in [0.1, 0.15) is 17.5 Å². The molecule has 0 aliphatic carbocycles. The Kier molecular flexibility index (Phi) is 7.66. The van der Waals surface area contributed by atoms with Crippen LogP contribution in [0.4, 0.5) is 9.59 Å². The molecule has 2 aliphatic rings. The van der Waals surface area contributed by atoms with E-state index in [9.17, 15) is 19.5 Å². The third kappa shape index (κ3) is 8.15. The maximum atomic E-state index is 11.4. The summed E-state index contributed by atoms with van der Waals surface area (Å²) in [7, 11) is 0. The van der Waals surface area contributed by atoms with Gasteiger partial charge in [0.25, 0.3) is 0 Å². The Hall–Kier alpha value is -1.83. The van der Waals surface area contributed by atoms with Crippen molar-refractivity contribution in [3.05, 3.63) is 0 Å². The molecule has 156 valence electrons. The van der Waals surface area contributed by atoms with Crippen molar-refractivity contribution in [2.24, 2.45) is 11.8 Å². The highest BCUT2D eigenvalue weighted by atomic mass is 16.6. The van der Waals surface area contributed by atoms with E-state index in [0.29, 0.717) is 26.2 Å². The maximum Gasteiger partial charge on any atom is 0.410 e. The van der Waals surface area contributed by atoms with Crippen LogP contribution in [0.25, 0.3) is 0 Å². The molecule has 2 heterocycles. The number of hydrogen-bond donors (Lipinski definition) is 1. The van der Waals surface area contributed by atoms with Gasteiger partial charge in [0, 0.05) is 32.1 Å². The van der Waals surface area contributed by atoms with Gasteiger partial charge in [-0.3, -0.25) is 0 Å². The van der Waals surface area contributed by atoms with E-state index in [1.807, 2.05) is 41.5 Å². The molecule has 0 aromatic heterocycles. The first-order chi connectivity index (χ1) is 12.2. The quantitative estimate of drug-likeness (QED) is 0.732. The van der Waals surface area contributed by atoms with Crippen molar-refractivity contribution >= 4 is 18.5 Å². The second-order valence-corrected chi connectivity index (χ2v) is 9.17. The molecule has 0 aromatic rings. The fourth-order valence-corrected chi connectivity index (χ4v) is 2.37. The van der Waals surface area contributed by atoms with E-state index in [1.54, 1.807) is 11.8 Å². The lowest BCUT2D eigenvalue weighted by Crippen LogP contribution is -2.54. The molecule has 1 unspecified atom stereocenters. The molecule has 0 spiro atoms. The molecule has 1 atom stereocenters. The van der Waals surface area contributed by atoms with Crippen molar-refractivity contribution in [2.75, 3.05) is 26.2 Å². The number of hydrogen-bond acceptors (Lipinski definition) is 6. The van der Waals surface area contributed by atoms with E-state index in [2.05, 4.69) is 0 Å². The Morgan fingerprint density at radius 3 is 1.59 bits per heavy atom. The Balaban J connectivity index is 0.000000271. The van der Waals surface area contributed by atoms with Gasteiger partial charge in [-0.2, -0.15) is 0 Å². The predicted octanol–water partition coefficient (Wildman–Crippen LogP) is 2.29. The normalized spacial score (nSPS) is 19.1. The van der Waals surface area contributed by atoms with Gasteiger partial charge in [-0.25, -0.2) is 9.59 Å². The standard InChI is InChI=1S/C10H19NO3.C9H15NO3/c1-7(12)8-5-11(6-8)9(13)14-10(2,3)4;1-9(2,3)13-8(12)10-4-7(5-10)6-11/h7-8,12H,5-6H2,1-4H3;6-7H,4-5H2,1-3H3. The number of amides is 2. The van der Waals surface area contributed by atoms with Gasteiger partial charge in [0.2, 0.25) is 0 Å². The van der Waals surface area contributed by atoms with Crippen LogP contribution >= 0.6 is 0 Å². The number of ether oxygens (including phenoxy) is 2. The van der Waals surface area contributed by atoms with Crippen LogP contribution in [0, 0.1) is 11.8 Å². The number of aliphatic hydroxyl groups excluding tert-OH is 1. The summed E-state index contributed by atoms with van der Waals surface area (Å²) in [5, 5.41) is 9.23. The van der Waals surface area contributed by atoms with Gasteiger partial charge in [0.15, 0.2) is 0 Å². The number of carbonyl (C=O) groups excluding carboxylic acids is 3. The fourth-order valence-electron chi connectivity index (χ4n) is 2.37. The van der Waals surface area contributed by atoms with Crippen LogP contribution in [-0.2, 0) is 14.3 Å². The van der Waals surface area contributed by atoms with Gasteiger partial charge < -0.3 is 29.2 Å². The van der Waals surface area contributed by atoms with Gasteiger partial charge >= 0.3 is 12.2 Å². The molecule has 2 saturated heterocycles. The molecule has 0 bridgehead atoms. The number of aliphatic hydroxyl groups is 1. The number of nitrogens with zero attached hydrogens (tertiary/aromatic N) is 2. The molecule has 2 rings (SSSR count). The molecule has 2 amide bonds. The van der Waals surface area contributed by atoms with Gasteiger partial charge in [0.05, 0.1) is 12.0 Å². The van der Waals surface area contributed by atoms with Crippen LogP contribution in [0.3, 0.4) is 0 Å². The molecule has 0 saturated carbocycles. The average molecular weight is 386 g/mol. The summed E-state index contributed by atoms with van der Waals surface area (Å²) < 4.78 is 10.3. The Labute approximate surface area is 161 Å². The molecular weight excluding hydrogens is 352 g/mol. The lowest BCUT2D eigenvalue weighted by Gasteiger charge is -2.41. The highest BCUT2D eigenvalue weighted by molar-refractivity contribution is 5.71. The van der Waals surface area contributed by atoms with Crippen molar-refractivity contribution in [1.82, 2.24) is 9.80 Å². The SMILES string of the molecule is CC(C)(C)OC(=O)N1CC(C=O)C1.CC(O)C1CN(C(=O)OC(C)(C)C)C1. The maximum absolute atomic E-state index is 11.4. The molecule has 0 aromatic carbocycles. The van der Waals surface area contributed by atoms with Crippen molar-refractivity contribution in [3.63, 3.8) is 0 Å². The van der Waals surface area contributed by atoms with Crippen molar-refractivity contribution in [1.29, 1.82) is 0 Å². The van der Waals surface area contributed by atoms with Gasteiger partial charge in [-0.1, -0.05) is 0 Å².